The van der Waals surface area contributed by atoms with E-state index in [1.807, 2.05) is 6.92 Å². The van der Waals surface area contributed by atoms with E-state index in [-0.39, 0.29) is 0 Å². The van der Waals surface area contributed by atoms with Gasteiger partial charge >= 0.3 is 0 Å². The van der Waals surface area contributed by atoms with E-state index >= 15 is 0 Å². The molecule has 0 bridgehead atoms. The van der Waals surface area contributed by atoms with Gasteiger partial charge in [0.25, 0.3) is 0 Å². The van der Waals surface area contributed by atoms with Crippen LogP contribution in [0.1, 0.15) is 18.3 Å². The molecule has 0 unspecified atom stereocenters. The molecule has 84 valence electrons. The van der Waals surface area contributed by atoms with E-state index in [2.05, 4.69) is 21.0 Å². The van der Waals surface area contributed by atoms with Gasteiger partial charge in [0.15, 0.2) is 0 Å². The first-order valence-electron chi connectivity index (χ1n) is 5.18. The van der Waals surface area contributed by atoms with Gasteiger partial charge in [0.2, 0.25) is 0 Å². The largest absolute Gasteiger partial charge is 0.343 e. The molecule has 0 saturated heterocycles. The van der Waals surface area contributed by atoms with Crippen molar-refractivity contribution in [2.24, 2.45) is 0 Å². The van der Waals surface area contributed by atoms with Crippen molar-refractivity contribution in [2.45, 2.75) is 13.3 Å². The smallest absolute Gasteiger partial charge is 0.130 e. The van der Waals surface area contributed by atoms with E-state index in [0.717, 1.165) is 23.5 Å². The van der Waals surface area contributed by atoms with Gasteiger partial charge < -0.3 is 4.98 Å². The Morgan fingerprint density at radius 1 is 1.41 bits per heavy atom. The maximum Gasteiger partial charge on any atom is 0.130 e. The van der Waals surface area contributed by atoms with Crippen molar-refractivity contribution in [3.63, 3.8) is 0 Å². The summed E-state index contributed by atoms with van der Waals surface area (Å²) in [6, 6.07) is 5.60. The van der Waals surface area contributed by atoms with Gasteiger partial charge in [-0.15, -0.1) is 0 Å². The summed E-state index contributed by atoms with van der Waals surface area (Å²) in [6.45, 7) is 2.00. The van der Waals surface area contributed by atoms with E-state index < -0.39 is 0 Å². The first-order valence-corrected chi connectivity index (χ1v) is 5.59. The highest BCUT2D eigenvalue weighted by Crippen LogP contribution is 2.17. The van der Waals surface area contributed by atoms with Crippen molar-refractivity contribution < 1.29 is 0 Å². The van der Waals surface area contributed by atoms with Gasteiger partial charge in [0, 0.05) is 24.4 Å². The van der Waals surface area contributed by atoms with Crippen LogP contribution >= 0.6 is 12.2 Å². The number of aromatic nitrogens is 3. The highest BCUT2D eigenvalue weighted by Gasteiger charge is 2.02. The molecule has 0 radical (unpaired) electrons. The number of nitrogens with zero attached hydrogens (tertiary/aromatic N) is 3. The van der Waals surface area contributed by atoms with Crippen LogP contribution in [0.25, 0.3) is 11.3 Å². The Hall–Kier alpha value is -2.06. The van der Waals surface area contributed by atoms with E-state index in [1.54, 1.807) is 18.3 Å². The standard InChI is InChI=1S/C12H10N4S/c1-2-11-15-10(4-12(17)16-11)9-3-8(5-13)6-14-7-9/h3-4,6-7H,2H2,1H3,(H,15,16,17). The van der Waals surface area contributed by atoms with E-state index in [9.17, 15) is 0 Å². The summed E-state index contributed by atoms with van der Waals surface area (Å²) in [7, 11) is 0. The molecule has 0 aromatic carbocycles. The molecule has 0 amide bonds. The predicted molar refractivity (Wildman–Crippen MR) is 66.7 cm³/mol. The molecular formula is C12H10N4S. The third-order valence-corrected chi connectivity index (χ3v) is 2.51. The zero-order valence-electron chi connectivity index (χ0n) is 9.27. The minimum atomic E-state index is 0.525. The first-order chi connectivity index (χ1) is 8.22. The van der Waals surface area contributed by atoms with Gasteiger partial charge in [-0.25, -0.2) is 4.98 Å². The third-order valence-electron chi connectivity index (χ3n) is 2.31. The van der Waals surface area contributed by atoms with Gasteiger partial charge in [0.05, 0.1) is 11.3 Å². The highest BCUT2D eigenvalue weighted by atomic mass is 32.1. The molecule has 2 aromatic heterocycles. The van der Waals surface area contributed by atoms with Crippen LogP contribution < -0.4 is 0 Å². The van der Waals surface area contributed by atoms with Crippen LogP contribution in [0.5, 0.6) is 0 Å². The fourth-order valence-electron chi connectivity index (χ4n) is 1.48. The van der Waals surface area contributed by atoms with Crippen LogP contribution in [-0.4, -0.2) is 15.0 Å². The number of hydrogen-bond donors (Lipinski definition) is 1. The van der Waals surface area contributed by atoms with Crippen LogP contribution in [0.2, 0.25) is 0 Å². The fraction of sp³-hybridized carbons (Fsp3) is 0.167. The number of H-pyrrole nitrogens is 1. The Morgan fingerprint density at radius 2 is 2.24 bits per heavy atom. The van der Waals surface area contributed by atoms with Gasteiger partial charge in [-0.2, -0.15) is 5.26 Å². The molecule has 5 heteroatoms. The maximum absolute atomic E-state index is 8.83. The molecular weight excluding hydrogens is 232 g/mol. The van der Waals surface area contributed by atoms with Gasteiger partial charge in [-0.3, -0.25) is 4.98 Å². The summed E-state index contributed by atoms with van der Waals surface area (Å²) in [4.78, 5) is 11.4. The molecule has 2 rings (SSSR count). The lowest BCUT2D eigenvalue weighted by atomic mass is 10.1. The van der Waals surface area contributed by atoms with E-state index in [0.29, 0.717) is 10.2 Å². The quantitative estimate of drug-likeness (QED) is 0.822. The monoisotopic (exact) mass is 242 g/mol. The molecule has 0 saturated carbocycles. The Morgan fingerprint density at radius 3 is 2.94 bits per heavy atom. The summed E-state index contributed by atoms with van der Waals surface area (Å²) in [5, 5.41) is 8.83. The highest BCUT2D eigenvalue weighted by molar-refractivity contribution is 7.71. The molecule has 0 aliphatic carbocycles. The Labute approximate surface area is 104 Å². The molecule has 2 aromatic rings. The predicted octanol–water partition coefficient (Wildman–Crippen LogP) is 2.64. The average Bonchev–Trinajstić information content (AvgIpc) is 2.38. The molecule has 17 heavy (non-hydrogen) atoms. The van der Waals surface area contributed by atoms with Crippen molar-refractivity contribution >= 4 is 12.2 Å². The first kappa shape index (κ1) is 11.4. The number of nitriles is 1. The summed E-state index contributed by atoms with van der Waals surface area (Å²) < 4.78 is 0.540. The molecule has 0 aliphatic rings. The lowest BCUT2D eigenvalue weighted by Gasteiger charge is -2.04. The van der Waals surface area contributed by atoms with Crippen LogP contribution in [-0.2, 0) is 6.42 Å². The summed E-state index contributed by atoms with van der Waals surface area (Å²) >= 11 is 5.10. The Bertz CT molecular complexity index is 639. The molecule has 0 aliphatic heterocycles. The molecule has 4 nitrogen and oxygen atoms in total. The molecule has 1 N–H and O–H groups in total. The van der Waals surface area contributed by atoms with Gasteiger partial charge in [-0.05, 0) is 12.1 Å². The van der Waals surface area contributed by atoms with Gasteiger partial charge in [0.1, 0.15) is 16.5 Å². The summed E-state index contributed by atoms with van der Waals surface area (Å²) in [6.07, 6.45) is 4.00. The van der Waals surface area contributed by atoms with Crippen LogP contribution in [0, 0.1) is 16.0 Å². The van der Waals surface area contributed by atoms with Crippen LogP contribution in [0.15, 0.2) is 24.5 Å². The van der Waals surface area contributed by atoms with Crippen molar-refractivity contribution in [3.05, 3.63) is 40.6 Å². The maximum atomic E-state index is 8.83. The Balaban J connectivity index is 2.56. The zero-order chi connectivity index (χ0) is 12.3. The molecule has 0 atom stereocenters. The number of aromatic amines is 1. The average molecular weight is 242 g/mol. The summed E-state index contributed by atoms with van der Waals surface area (Å²) in [5.74, 6) is 0.829. The molecule has 2 heterocycles. The topological polar surface area (TPSA) is 65.4 Å². The van der Waals surface area contributed by atoms with Gasteiger partial charge in [-0.1, -0.05) is 19.1 Å². The van der Waals surface area contributed by atoms with E-state index in [4.69, 9.17) is 17.5 Å². The number of aryl methyl sites for hydroxylation is 1. The Kier molecular flexibility index (Phi) is 3.26. The van der Waals surface area contributed by atoms with Crippen molar-refractivity contribution in [2.75, 3.05) is 0 Å². The molecule has 0 fully saturated rings. The van der Waals surface area contributed by atoms with Crippen LogP contribution in [0.4, 0.5) is 0 Å². The second kappa shape index (κ2) is 4.85. The zero-order valence-corrected chi connectivity index (χ0v) is 10.1. The molecule has 0 spiro atoms. The normalized spacial score (nSPS) is 9.88. The second-order valence-electron chi connectivity index (χ2n) is 3.51. The minimum absolute atomic E-state index is 0.525. The number of hydrogen-bond acceptors (Lipinski definition) is 4. The van der Waals surface area contributed by atoms with E-state index in [1.165, 1.54) is 6.20 Å². The second-order valence-corrected chi connectivity index (χ2v) is 3.93. The van der Waals surface area contributed by atoms with Crippen molar-refractivity contribution in [3.8, 4) is 17.3 Å². The lowest BCUT2D eigenvalue weighted by Crippen LogP contribution is -1.96. The number of nitrogens with one attached hydrogen (secondary N) is 1. The lowest BCUT2D eigenvalue weighted by molar-refractivity contribution is 0.936. The number of pyridine rings is 1. The number of rotatable bonds is 2. The van der Waals surface area contributed by atoms with Crippen LogP contribution in [0.3, 0.4) is 0 Å². The fourth-order valence-corrected chi connectivity index (χ4v) is 1.71. The minimum Gasteiger partial charge on any atom is -0.343 e. The van der Waals surface area contributed by atoms with Crippen molar-refractivity contribution in [1.29, 1.82) is 5.26 Å². The SMILES string of the molecule is CCc1nc(=S)cc(-c2cncc(C#N)c2)[nH]1. The summed E-state index contributed by atoms with van der Waals surface area (Å²) in [5.41, 5.74) is 2.20. The van der Waals surface area contributed by atoms with Crippen molar-refractivity contribution in [1.82, 2.24) is 15.0 Å². The third kappa shape index (κ3) is 2.55.